The Morgan fingerprint density at radius 3 is 2.71 bits per heavy atom. The highest BCUT2D eigenvalue weighted by Crippen LogP contribution is 2.17. The molecule has 9 nitrogen and oxygen atoms in total. The van der Waals surface area contributed by atoms with Crippen molar-refractivity contribution in [2.75, 3.05) is 19.0 Å². The Kier molecular flexibility index (Phi) is 6.29. The summed E-state index contributed by atoms with van der Waals surface area (Å²) < 4.78 is 14.9. The van der Waals surface area contributed by atoms with E-state index in [0.29, 0.717) is 29.6 Å². The SMILES string of the molecule is COC(=O)COc1ccc(NC(=O)CCc2nc(-c3cccnc3)no2)cc1. The number of esters is 1. The van der Waals surface area contributed by atoms with Crippen LogP contribution in [0.1, 0.15) is 12.3 Å². The Bertz CT molecular complexity index is 925. The molecule has 2 aromatic heterocycles. The molecule has 1 aromatic carbocycles. The van der Waals surface area contributed by atoms with Crippen molar-refractivity contribution in [3.8, 4) is 17.1 Å². The third-order valence-corrected chi connectivity index (χ3v) is 3.68. The highest BCUT2D eigenvalue weighted by Gasteiger charge is 2.11. The molecule has 0 unspecified atom stereocenters. The lowest BCUT2D eigenvalue weighted by Crippen LogP contribution is -2.13. The van der Waals surface area contributed by atoms with Gasteiger partial charge >= 0.3 is 5.97 Å². The van der Waals surface area contributed by atoms with Crippen LogP contribution in [0.3, 0.4) is 0 Å². The number of ether oxygens (including phenoxy) is 2. The molecule has 0 atom stereocenters. The number of nitrogens with zero attached hydrogens (tertiary/aromatic N) is 3. The number of hydrogen-bond donors (Lipinski definition) is 1. The summed E-state index contributed by atoms with van der Waals surface area (Å²) in [5.41, 5.74) is 1.36. The van der Waals surface area contributed by atoms with Crippen LogP contribution < -0.4 is 10.1 Å². The molecule has 0 aliphatic carbocycles. The van der Waals surface area contributed by atoms with E-state index in [1.54, 1.807) is 42.7 Å². The van der Waals surface area contributed by atoms with Crippen molar-refractivity contribution in [1.82, 2.24) is 15.1 Å². The highest BCUT2D eigenvalue weighted by molar-refractivity contribution is 5.90. The molecule has 0 aliphatic heterocycles. The molecular formula is C19H18N4O5. The standard InChI is InChI=1S/C19H18N4O5/c1-26-18(25)12-27-15-6-4-14(5-7-15)21-16(24)8-9-17-22-19(23-28-17)13-3-2-10-20-11-13/h2-7,10-11H,8-9,12H2,1H3,(H,21,24). The summed E-state index contributed by atoms with van der Waals surface area (Å²) in [6, 6.07) is 10.3. The van der Waals surface area contributed by atoms with Gasteiger partial charge in [0.25, 0.3) is 0 Å². The maximum atomic E-state index is 12.1. The first-order valence-corrected chi connectivity index (χ1v) is 8.46. The Morgan fingerprint density at radius 1 is 1.18 bits per heavy atom. The zero-order chi connectivity index (χ0) is 19.8. The van der Waals surface area contributed by atoms with Gasteiger partial charge in [-0.3, -0.25) is 9.78 Å². The predicted molar refractivity (Wildman–Crippen MR) is 98.4 cm³/mol. The van der Waals surface area contributed by atoms with Crippen LogP contribution in [0.4, 0.5) is 5.69 Å². The van der Waals surface area contributed by atoms with Gasteiger partial charge in [0.1, 0.15) is 5.75 Å². The summed E-state index contributed by atoms with van der Waals surface area (Å²) in [6.07, 6.45) is 3.81. The average molecular weight is 382 g/mol. The normalized spacial score (nSPS) is 10.3. The molecule has 9 heteroatoms. The van der Waals surface area contributed by atoms with E-state index >= 15 is 0 Å². The monoisotopic (exact) mass is 382 g/mol. The van der Waals surface area contributed by atoms with Crippen molar-refractivity contribution < 1.29 is 23.6 Å². The van der Waals surface area contributed by atoms with Crippen LogP contribution >= 0.6 is 0 Å². The number of benzene rings is 1. The van der Waals surface area contributed by atoms with Crippen LogP contribution in [-0.2, 0) is 20.7 Å². The quantitative estimate of drug-likeness (QED) is 0.590. The molecule has 144 valence electrons. The molecule has 28 heavy (non-hydrogen) atoms. The van der Waals surface area contributed by atoms with Gasteiger partial charge in [-0.2, -0.15) is 4.98 Å². The number of anilines is 1. The first kappa shape index (κ1) is 19.0. The molecular weight excluding hydrogens is 364 g/mol. The van der Waals surface area contributed by atoms with E-state index in [4.69, 9.17) is 9.26 Å². The summed E-state index contributed by atoms with van der Waals surface area (Å²) in [7, 11) is 1.29. The topological polar surface area (TPSA) is 116 Å². The number of rotatable bonds is 8. The van der Waals surface area contributed by atoms with Gasteiger partial charge in [0.2, 0.25) is 17.6 Å². The number of hydrogen-bond acceptors (Lipinski definition) is 8. The van der Waals surface area contributed by atoms with E-state index in [1.807, 2.05) is 6.07 Å². The lowest BCUT2D eigenvalue weighted by molar-refractivity contribution is -0.142. The Morgan fingerprint density at radius 2 is 2.00 bits per heavy atom. The van der Waals surface area contributed by atoms with E-state index in [1.165, 1.54) is 7.11 Å². The lowest BCUT2D eigenvalue weighted by Gasteiger charge is -2.07. The first-order chi connectivity index (χ1) is 13.6. The Hall–Kier alpha value is -3.75. The van der Waals surface area contributed by atoms with Crippen LogP contribution in [0.15, 0.2) is 53.3 Å². The summed E-state index contributed by atoms with van der Waals surface area (Å²) in [4.78, 5) is 31.4. The van der Waals surface area contributed by atoms with Crippen LogP contribution in [0.25, 0.3) is 11.4 Å². The highest BCUT2D eigenvalue weighted by atomic mass is 16.6. The zero-order valence-corrected chi connectivity index (χ0v) is 15.1. The van der Waals surface area contributed by atoms with Gasteiger partial charge < -0.3 is 19.3 Å². The molecule has 2 heterocycles. The molecule has 0 radical (unpaired) electrons. The second-order valence-corrected chi connectivity index (χ2v) is 5.69. The second kappa shape index (κ2) is 9.26. The van der Waals surface area contributed by atoms with Crippen molar-refractivity contribution in [1.29, 1.82) is 0 Å². The van der Waals surface area contributed by atoms with Gasteiger partial charge in [-0.1, -0.05) is 5.16 Å². The van der Waals surface area contributed by atoms with Crippen molar-refractivity contribution in [2.24, 2.45) is 0 Å². The molecule has 0 aliphatic rings. The third-order valence-electron chi connectivity index (χ3n) is 3.68. The smallest absolute Gasteiger partial charge is 0.343 e. The van der Waals surface area contributed by atoms with Crippen LogP contribution in [0, 0.1) is 0 Å². The number of aromatic nitrogens is 3. The van der Waals surface area contributed by atoms with E-state index < -0.39 is 5.97 Å². The van der Waals surface area contributed by atoms with Crippen molar-refractivity contribution in [3.63, 3.8) is 0 Å². The Balaban J connectivity index is 1.47. The van der Waals surface area contributed by atoms with Crippen LogP contribution in [0.2, 0.25) is 0 Å². The molecule has 0 fully saturated rings. The number of nitrogens with one attached hydrogen (secondary N) is 1. The minimum Gasteiger partial charge on any atom is -0.482 e. The largest absolute Gasteiger partial charge is 0.482 e. The molecule has 1 amide bonds. The number of aryl methyl sites for hydroxylation is 1. The number of methoxy groups -OCH3 is 1. The number of carbonyl (C=O) groups is 2. The summed E-state index contributed by atoms with van der Waals surface area (Å²) in [5, 5.41) is 6.66. The van der Waals surface area contributed by atoms with Crippen molar-refractivity contribution in [3.05, 3.63) is 54.7 Å². The van der Waals surface area contributed by atoms with E-state index in [2.05, 4.69) is 25.2 Å². The van der Waals surface area contributed by atoms with Crippen molar-refractivity contribution in [2.45, 2.75) is 12.8 Å². The molecule has 0 saturated heterocycles. The molecule has 0 bridgehead atoms. The molecule has 0 saturated carbocycles. The molecule has 1 N–H and O–H groups in total. The van der Waals surface area contributed by atoms with Crippen molar-refractivity contribution >= 4 is 17.6 Å². The third kappa shape index (κ3) is 5.37. The van der Waals surface area contributed by atoms with E-state index in [0.717, 1.165) is 5.56 Å². The van der Waals surface area contributed by atoms with Gasteiger partial charge in [-0.25, -0.2) is 4.79 Å². The average Bonchev–Trinajstić information content (AvgIpc) is 3.21. The fraction of sp³-hybridized carbons (Fsp3) is 0.211. The summed E-state index contributed by atoms with van der Waals surface area (Å²) >= 11 is 0. The summed E-state index contributed by atoms with van der Waals surface area (Å²) in [6.45, 7) is -0.173. The number of amides is 1. The van der Waals surface area contributed by atoms with E-state index in [-0.39, 0.29) is 18.9 Å². The second-order valence-electron chi connectivity index (χ2n) is 5.69. The number of pyridine rings is 1. The lowest BCUT2D eigenvalue weighted by atomic mass is 10.2. The molecule has 0 spiro atoms. The van der Waals surface area contributed by atoms with Crippen LogP contribution in [0.5, 0.6) is 5.75 Å². The summed E-state index contributed by atoms with van der Waals surface area (Å²) in [5.74, 6) is 0.651. The Labute approximate surface area is 160 Å². The van der Waals surface area contributed by atoms with Crippen LogP contribution in [-0.4, -0.2) is 40.7 Å². The van der Waals surface area contributed by atoms with Gasteiger partial charge in [0, 0.05) is 36.5 Å². The first-order valence-electron chi connectivity index (χ1n) is 8.46. The maximum Gasteiger partial charge on any atom is 0.343 e. The molecule has 3 rings (SSSR count). The predicted octanol–water partition coefficient (Wildman–Crippen LogP) is 2.25. The maximum absolute atomic E-state index is 12.1. The zero-order valence-electron chi connectivity index (χ0n) is 15.1. The van der Waals surface area contributed by atoms with Gasteiger partial charge in [0.15, 0.2) is 6.61 Å². The fourth-order valence-electron chi connectivity index (χ4n) is 2.25. The van der Waals surface area contributed by atoms with E-state index in [9.17, 15) is 9.59 Å². The molecule has 3 aromatic rings. The number of carbonyl (C=O) groups excluding carboxylic acids is 2. The fourth-order valence-corrected chi connectivity index (χ4v) is 2.25. The minimum absolute atomic E-state index is 0.173. The van der Waals surface area contributed by atoms with Gasteiger partial charge in [0.05, 0.1) is 7.11 Å². The van der Waals surface area contributed by atoms with Gasteiger partial charge in [-0.05, 0) is 36.4 Å². The van der Waals surface area contributed by atoms with Gasteiger partial charge in [-0.15, -0.1) is 0 Å². The minimum atomic E-state index is -0.468.